The van der Waals surface area contributed by atoms with Gasteiger partial charge in [0.2, 0.25) is 17.5 Å². The lowest BCUT2D eigenvalue weighted by molar-refractivity contribution is 0.166. The molecule has 0 N–H and O–H groups in total. The Kier molecular flexibility index (Phi) is 9.89. The van der Waals surface area contributed by atoms with Crippen LogP contribution in [0.25, 0.3) is 22.8 Å². The summed E-state index contributed by atoms with van der Waals surface area (Å²) < 4.78 is 75.8. The maximum absolute atomic E-state index is 15.8. The zero-order valence-electron chi connectivity index (χ0n) is 28.4. The van der Waals surface area contributed by atoms with Crippen molar-refractivity contribution in [2.24, 2.45) is 5.41 Å². The molecule has 14 heteroatoms. The van der Waals surface area contributed by atoms with E-state index in [4.69, 9.17) is 35.1 Å². The maximum Gasteiger partial charge on any atom is 0.255 e. The fourth-order valence-electron chi connectivity index (χ4n) is 5.96. The summed E-state index contributed by atoms with van der Waals surface area (Å²) in [6.07, 6.45) is -0.0825. The molecule has 0 saturated carbocycles. The molecule has 0 bridgehead atoms. The van der Waals surface area contributed by atoms with Crippen LogP contribution >= 0.6 is 11.6 Å². The maximum atomic E-state index is 15.8. The van der Waals surface area contributed by atoms with Crippen LogP contribution in [0.3, 0.4) is 0 Å². The third-order valence-corrected chi connectivity index (χ3v) is 9.09. The Morgan fingerprint density at radius 1 is 0.865 bits per heavy atom. The lowest BCUT2D eigenvalue weighted by Crippen LogP contribution is -2.27. The molecule has 3 aromatic heterocycles. The number of methoxy groups -OCH3 is 1. The third-order valence-electron chi connectivity index (χ3n) is 8.86. The zero-order chi connectivity index (χ0) is 36.4. The van der Waals surface area contributed by atoms with Crippen molar-refractivity contribution in [3.05, 3.63) is 124 Å². The molecular weight excluding hydrogens is 699 g/mol. The number of hydrogen-bond acceptors (Lipinski definition) is 9. The fraction of sp³-hybridized carbons (Fsp3) is 0.263. The van der Waals surface area contributed by atoms with Crippen molar-refractivity contribution < 1.29 is 36.6 Å². The van der Waals surface area contributed by atoms with Crippen molar-refractivity contribution in [2.45, 2.75) is 39.5 Å². The van der Waals surface area contributed by atoms with Gasteiger partial charge in [0, 0.05) is 34.1 Å². The van der Waals surface area contributed by atoms with Crippen LogP contribution in [0, 0.1) is 22.9 Å². The summed E-state index contributed by atoms with van der Waals surface area (Å²) >= 11 is 5.83. The van der Waals surface area contributed by atoms with Crippen molar-refractivity contribution >= 4 is 11.6 Å². The van der Waals surface area contributed by atoms with Gasteiger partial charge >= 0.3 is 0 Å². The summed E-state index contributed by atoms with van der Waals surface area (Å²) in [7, 11) is 1.60. The van der Waals surface area contributed by atoms with Crippen molar-refractivity contribution in [2.75, 3.05) is 20.3 Å². The average Bonchev–Trinajstić information content (AvgIpc) is 3.86. The largest absolute Gasteiger partial charge is 0.497 e. The summed E-state index contributed by atoms with van der Waals surface area (Å²) in [4.78, 5) is 4.33. The number of hydrogen-bond donors (Lipinski definition) is 0. The number of benzene rings is 3. The predicted molar refractivity (Wildman–Crippen MR) is 185 cm³/mol. The van der Waals surface area contributed by atoms with Crippen LogP contribution in [0.1, 0.15) is 42.4 Å². The van der Waals surface area contributed by atoms with E-state index in [1.807, 2.05) is 42.7 Å². The van der Waals surface area contributed by atoms with Crippen LogP contribution in [-0.2, 0) is 24.4 Å². The monoisotopic (exact) mass is 731 g/mol. The minimum atomic E-state index is -0.700. The van der Waals surface area contributed by atoms with Crippen LogP contribution in [0.4, 0.5) is 13.2 Å². The first-order valence-electron chi connectivity index (χ1n) is 16.3. The van der Waals surface area contributed by atoms with Crippen molar-refractivity contribution in [1.29, 1.82) is 0 Å². The summed E-state index contributed by atoms with van der Waals surface area (Å²) in [5.41, 5.74) is 0.964. The van der Waals surface area contributed by atoms with Crippen LogP contribution in [0.5, 0.6) is 17.5 Å². The number of aromatic nitrogens is 5. The highest BCUT2D eigenvalue weighted by atomic mass is 35.5. The van der Waals surface area contributed by atoms with Crippen LogP contribution in [-0.4, -0.2) is 45.2 Å². The molecule has 0 radical (unpaired) electrons. The quantitative estimate of drug-likeness (QED) is 0.123. The van der Waals surface area contributed by atoms with Gasteiger partial charge in [-0.1, -0.05) is 49.7 Å². The molecule has 268 valence electrons. The Morgan fingerprint density at radius 3 is 2.40 bits per heavy atom. The second-order valence-corrected chi connectivity index (χ2v) is 13.4. The van der Waals surface area contributed by atoms with Crippen LogP contribution in [0.2, 0.25) is 5.02 Å². The Hall–Kier alpha value is -5.40. The van der Waals surface area contributed by atoms with Crippen molar-refractivity contribution in [3.8, 4) is 40.4 Å². The lowest BCUT2D eigenvalue weighted by Gasteiger charge is -2.27. The highest BCUT2D eigenvalue weighted by Gasteiger charge is 2.40. The summed E-state index contributed by atoms with van der Waals surface area (Å²) in [6, 6.07) is 19.9. The summed E-state index contributed by atoms with van der Waals surface area (Å²) in [6.45, 7) is 5.04. The Labute approximate surface area is 302 Å². The minimum Gasteiger partial charge on any atom is -0.497 e. The molecule has 1 unspecified atom stereocenters. The summed E-state index contributed by atoms with van der Waals surface area (Å²) in [5, 5.41) is 13.1. The second-order valence-electron chi connectivity index (χ2n) is 13.0. The molecule has 1 fully saturated rings. The van der Waals surface area contributed by atoms with E-state index < -0.39 is 17.5 Å². The van der Waals surface area contributed by atoms with Gasteiger partial charge < -0.3 is 28.0 Å². The first kappa shape index (κ1) is 35.0. The normalized spacial score (nSPS) is 15.2. The molecule has 52 heavy (non-hydrogen) atoms. The predicted octanol–water partition coefficient (Wildman–Crippen LogP) is 8.42. The SMILES string of the molecule is COc1ccc(COc2cc(-c3nnc(Cc4cc(F)c(-c5cccc(OCc6ccc(Cl)cc6F)n5)cc4F)n3C3COCC3(C)C)on2)cc1. The van der Waals surface area contributed by atoms with Gasteiger partial charge in [-0.2, -0.15) is 0 Å². The van der Waals surface area contributed by atoms with Gasteiger partial charge in [0.05, 0.1) is 38.1 Å². The van der Waals surface area contributed by atoms with E-state index in [1.165, 1.54) is 18.2 Å². The van der Waals surface area contributed by atoms with Gasteiger partial charge in [0.15, 0.2) is 0 Å². The van der Waals surface area contributed by atoms with E-state index in [0.717, 1.165) is 23.4 Å². The standard InChI is InChI=1S/C38H33ClF3N5O5/c1-38(2)21-49-20-33(38)47-34(44-45-37(47)32-17-36(46-52-32)50-18-22-7-11-26(48-3)12-8-22)14-24-13-30(42)27(16-29(24)41)31-5-4-6-35(43-31)51-19-23-9-10-25(39)15-28(23)40/h4-13,15-17,33H,14,18-21H2,1-3H3. The van der Waals surface area contributed by atoms with E-state index in [2.05, 4.69) is 20.3 Å². The molecule has 0 amide bonds. The van der Waals surface area contributed by atoms with Gasteiger partial charge in [-0.05, 0) is 58.7 Å². The van der Waals surface area contributed by atoms with Gasteiger partial charge in [-0.15, -0.1) is 10.2 Å². The highest BCUT2D eigenvalue weighted by molar-refractivity contribution is 6.30. The molecule has 3 aromatic carbocycles. The van der Waals surface area contributed by atoms with E-state index in [1.54, 1.807) is 31.4 Å². The van der Waals surface area contributed by atoms with E-state index >= 15 is 8.78 Å². The number of halogens is 4. The second kappa shape index (κ2) is 14.7. The van der Waals surface area contributed by atoms with Crippen LogP contribution < -0.4 is 14.2 Å². The molecular formula is C38H33ClF3N5O5. The molecule has 1 saturated heterocycles. The smallest absolute Gasteiger partial charge is 0.255 e. The van der Waals surface area contributed by atoms with Gasteiger partial charge in [0.1, 0.15) is 42.2 Å². The minimum absolute atomic E-state index is 0.0601. The first-order chi connectivity index (χ1) is 25.1. The molecule has 1 atom stereocenters. The molecule has 1 aliphatic heterocycles. The molecule has 6 aromatic rings. The van der Waals surface area contributed by atoms with Gasteiger partial charge in [-0.3, -0.25) is 0 Å². The summed E-state index contributed by atoms with van der Waals surface area (Å²) in [5.74, 6) is 0.215. The molecule has 10 nitrogen and oxygen atoms in total. The molecule has 0 aliphatic carbocycles. The Balaban J connectivity index is 1.12. The van der Waals surface area contributed by atoms with E-state index in [-0.39, 0.29) is 70.3 Å². The van der Waals surface area contributed by atoms with Crippen molar-refractivity contribution in [3.63, 3.8) is 0 Å². The van der Waals surface area contributed by atoms with Gasteiger partial charge in [-0.25, -0.2) is 18.2 Å². The number of ether oxygens (including phenoxy) is 4. The number of pyridine rings is 1. The van der Waals surface area contributed by atoms with Crippen LogP contribution in [0.15, 0.2) is 83.4 Å². The molecule has 0 spiro atoms. The topological polar surface area (TPSA) is 107 Å². The van der Waals surface area contributed by atoms with E-state index in [9.17, 15) is 4.39 Å². The fourth-order valence-corrected chi connectivity index (χ4v) is 6.12. The lowest BCUT2D eigenvalue weighted by atomic mass is 9.87. The zero-order valence-corrected chi connectivity index (χ0v) is 29.2. The van der Waals surface area contributed by atoms with Crippen molar-refractivity contribution in [1.82, 2.24) is 24.9 Å². The Bertz CT molecular complexity index is 2210. The van der Waals surface area contributed by atoms with E-state index in [0.29, 0.717) is 30.6 Å². The number of rotatable bonds is 12. The molecule has 7 rings (SSSR count). The number of nitrogens with zero attached hydrogens (tertiary/aromatic N) is 5. The van der Waals surface area contributed by atoms with Gasteiger partial charge in [0.25, 0.3) is 5.88 Å². The first-order valence-corrected chi connectivity index (χ1v) is 16.7. The molecule has 4 heterocycles. The molecule has 1 aliphatic rings. The third kappa shape index (κ3) is 7.46. The highest BCUT2D eigenvalue weighted by Crippen LogP contribution is 2.41. The Morgan fingerprint density at radius 2 is 1.65 bits per heavy atom. The average molecular weight is 732 g/mol.